The largest absolute Gasteiger partial charge is 1.00 e. The molecule has 7 nitrogen and oxygen atoms in total. The number of carbonyl (C=O) groups is 1. The fourth-order valence-electron chi connectivity index (χ4n) is 2.76. The van der Waals surface area contributed by atoms with Crippen LogP contribution in [0.25, 0.3) is 10.4 Å². The van der Waals surface area contributed by atoms with Gasteiger partial charge in [0.15, 0.2) is 0 Å². The van der Waals surface area contributed by atoms with Crippen LogP contribution in [0.2, 0.25) is 0 Å². The molecule has 12 heteroatoms. The molecule has 0 aliphatic carbocycles. The van der Waals surface area contributed by atoms with E-state index in [1.165, 1.54) is 6.07 Å². The molecule has 1 aromatic carbocycles. The molecule has 0 bridgehead atoms. The van der Waals surface area contributed by atoms with Crippen molar-refractivity contribution < 1.29 is 73.9 Å². The van der Waals surface area contributed by atoms with Crippen LogP contribution < -0.4 is 56.8 Å². The van der Waals surface area contributed by atoms with E-state index in [2.05, 4.69) is 10.0 Å². The van der Waals surface area contributed by atoms with Crippen LogP contribution in [0.4, 0.5) is 23.4 Å². The van der Waals surface area contributed by atoms with Gasteiger partial charge in [-0.25, -0.2) is 4.79 Å². The van der Waals surface area contributed by atoms with Crippen LogP contribution in [0, 0.1) is 0 Å². The van der Waals surface area contributed by atoms with Gasteiger partial charge in [-0.2, -0.15) is 0 Å². The molecule has 1 aromatic rings. The van der Waals surface area contributed by atoms with E-state index in [-0.39, 0.29) is 63.6 Å². The Morgan fingerprint density at radius 2 is 1.82 bits per heavy atom. The number of hydrogen-bond donors (Lipinski definition) is 0. The van der Waals surface area contributed by atoms with Gasteiger partial charge >= 0.3 is 64.5 Å². The minimum atomic E-state index is -5.19. The van der Waals surface area contributed by atoms with E-state index in [1.54, 1.807) is 25.7 Å². The van der Waals surface area contributed by atoms with Gasteiger partial charge in [-0.05, 0) is 37.9 Å². The number of halogens is 3. The summed E-state index contributed by atoms with van der Waals surface area (Å²) in [5.41, 5.74) is 7.50. The average molecular weight is 423 g/mol. The zero-order valence-electron chi connectivity index (χ0n) is 16.5. The molecular formula is C16H22BF3KN5O2. The number of azide groups is 1. The van der Waals surface area contributed by atoms with Crippen LogP contribution in [-0.4, -0.2) is 54.7 Å². The molecule has 0 spiro atoms. The number of ether oxygens (including phenoxy) is 1. The van der Waals surface area contributed by atoms with Crippen LogP contribution >= 0.6 is 0 Å². The first kappa shape index (κ1) is 25.3. The summed E-state index contributed by atoms with van der Waals surface area (Å²) >= 11 is 0. The van der Waals surface area contributed by atoms with Gasteiger partial charge < -0.3 is 22.6 Å². The summed E-state index contributed by atoms with van der Waals surface area (Å²) in [6, 6.07) is 3.38. The Balaban J connectivity index is 0.00000392. The molecule has 1 fully saturated rings. The van der Waals surface area contributed by atoms with Gasteiger partial charge in [0.05, 0.1) is 0 Å². The normalized spacial score (nSPS) is 15.4. The second kappa shape index (κ2) is 10.3. The number of piperazine rings is 1. The molecule has 0 N–H and O–H groups in total. The van der Waals surface area contributed by atoms with E-state index < -0.39 is 24.1 Å². The molecule has 148 valence electrons. The van der Waals surface area contributed by atoms with Gasteiger partial charge in [-0.1, -0.05) is 17.2 Å². The number of benzene rings is 1. The van der Waals surface area contributed by atoms with E-state index in [1.807, 2.05) is 4.90 Å². The quantitative estimate of drug-likeness (QED) is 0.310. The van der Waals surface area contributed by atoms with Crippen molar-refractivity contribution in [1.82, 2.24) is 9.80 Å². The van der Waals surface area contributed by atoms with Gasteiger partial charge in [-0.15, -0.1) is 5.46 Å². The molecule has 0 atom stereocenters. The Bertz CT molecular complexity index is 743. The average Bonchev–Trinajstić information content (AvgIpc) is 2.53. The van der Waals surface area contributed by atoms with E-state index in [9.17, 15) is 17.7 Å². The summed E-state index contributed by atoms with van der Waals surface area (Å²) in [6.07, 6.45) is -0.394. The van der Waals surface area contributed by atoms with E-state index in [0.29, 0.717) is 31.7 Å². The fraction of sp³-hybridized carbons (Fsp3) is 0.562. The third kappa shape index (κ3) is 7.94. The van der Waals surface area contributed by atoms with E-state index in [4.69, 9.17) is 10.3 Å². The number of amides is 1. The summed E-state index contributed by atoms with van der Waals surface area (Å²) in [5, 5.41) is 3.31. The SMILES string of the molecule is CC(C)(C)OC(=O)N1CCN(Cc2cc(N=[N+]=[N-])cc([B-](F)(F)F)c2)CC1.[K+]. The maximum absolute atomic E-state index is 13.1. The Morgan fingerprint density at radius 1 is 1.21 bits per heavy atom. The van der Waals surface area contributed by atoms with Crippen molar-refractivity contribution in [3.8, 4) is 0 Å². The topological polar surface area (TPSA) is 81.5 Å². The Labute approximate surface area is 204 Å². The molecule has 0 saturated carbocycles. The van der Waals surface area contributed by atoms with Gasteiger partial charge in [0.1, 0.15) is 5.60 Å². The molecule has 1 saturated heterocycles. The maximum atomic E-state index is 13.1. The Kier molecular flexibility index (Phi) is 9.33. The van der Waals surface area contributed by atoms with Crippen molar-refractivity contribution in [2.24, 2.45) is 5.11 Å². The summed E-state index contributed by atoms with van der Waals surface area (Å²) in [5.74, 6) is 0. The molecule has 0 unspecified atom stereocenters. The van der Waals surface area contributed by atoms with Crippen LogP contribution in [0.15, 0.2) is 23.3 Å². The molecule has 1 aliphatic rings. The first-order chi connectivity index (χ1) is 12.5. The van der Waals surface area contributed by atoms with Crippen molar-refractivity contribution in [3.05, 3.63) is 34.2 Å². The predicted molar refractivity (Wildman–Crippen MR) is 97.0 cm³/mol. The Morgan fingerprint density at radius 3 is 2.32 bits per heavy atom. The standard InChI is InChI=1S/C16H22BF3N5O2.K/c1-16(2,3)27-15(26)25-6-4-24(5-7-25)11-12-8-13(17(18,19)20)10-14(9-12)22-23-21;/h8-10H,4-7,11H2,1-3H3;/q-1;+1. The summed E-state index contributed by atoms with van der Waals surface area (Å²) in [6.45, 7) is 2.34. The molecule has 1 amide bonds. The smallest absolute Gasteiger partial charge is 0.445 e. The minimum absolute atomic E-state index is 0. The fourth-order valence-corrected chi connectivity index (χ4v) is 2.76. The third-order valence-electron chi connectivity index (χ3n) is 3.97. The zero-order chi connectivity index (χ0) is 20.2. The number of nitrogens with zero attached hydrogens (tertiary/aromatic N) is 5. The second-order valence-corrected chi connectivity index (χ2v) is 7.44. The first-order valence-corrected chi connectivity index (χ1v) is 8.57. The molecule has 0 aromatic heterocycles. The van der Waals surface area contributed by atoms with Crippen molar-refractivity contribution in [2.75, 3.05) is 26.2 Å². The van der Waals surface area contributed by atoms with Crippen molar-refractivity contribution >= 4 is 24.2 Å². The molecule has 28 heavy (non-hydrogen) atoms. The molecule has 2 rings (SSSR count). The molecule has 1 aliphatic heterocycles. The third-order valence-corrected chi connectivity index (χ3v) is 3.97. The monoisotopic (exact) mass is 423 g/mol. The molecular weight excluding hydrogens is 401 g/mol. The van der Waals surface area contributed by atoms with Crippen LogP contribution in [-0.2, 0) is 11.3 Å². The number of carbonyl (C=O) groups excluding carboxylic acids is 1. The molecule has 1 heterocycles. The van der Waals surface area contributed by atoms with E-state index in [0.717, 1.165) is 12.1 Å². The van der Waals surface area contributed by atoms with Crippen LogP contribution in [0.5, 0.6) is 0 Å². The number of rotatable bonds is 4. The first-order valence-electron chi connectivity index (χ1n) is 8.57. The van der Waals surface area contributed by atoms with Gasteiger partial charge in [-0.3, -0.25) is 4.90 Å². The molecule has 0 radical (unpaired) electrons. The predicted octanol–water partition coefficient (Wildman–Crippen LogP) is 0.740. The van der Waals surface area contributed by atoms with E-state index >= 15 is 0 Å². The van der Waals surface area contributed by atoms with Gasteiger partial charge in [0.2, 0.25) is 0 Å². The van der Waals surface area contributed by atoms with Crippen molar-refractivity contribution in [2.45, 2.75) is 32.9 Å². The minimum Gasteiger partial charge on any atom is -0.445 e. The zero-order valence-corrected chi connectivity index (χ0v) is 19.7. The second-order valence-electron chi connectivity index (χ2n) is 7.44. The van der Waals surface area contributed by atoms with Gasteiger partial charge in [0.25, 0.3) is 0 Å². The number of hydrogen-bond acceptors (Lipinski definition) is 4. The summed E-state index contributed by atoms with van der Waals surface area (Å²) in [4.78, 5) is 18.2. The summed E-state index contributed by atoms with van der Waals surface area (Å²) in [7, 11) is 0. The summed E-state index contributed by atoms with van der Waals surface area (Å²) < 4.78 is 44.6. The van der Waals surface area contributed by atoms with Crippen LogP contribution in [0.3, 0.4) is 0 Å². The maximum Gasteiger partial charge on any atom is 1.00 e. The van der Waals surface area contributed by atoms with Crippen molar-refractivity contribution in [1.29, 1.82) is 0 Å². The Hall–Kier alpha value is -0.749. The van der Waals surface area contributed by atoms with Gasteiger partial charge in [0, 0.05) is 43.3 Å². The van der Waals surface area contributed by atoms with Crippen LogP contribution in [0.1, 0.15) is 26.3 Å². The van der Waals surface area contributed by atoms with Crippen molar-refractivity contribution in [3.63, 3.8) is 0 Å².